The lowest BCUT2D eigenvalue weighted by molar-refractivity contribution is -0.148. The summed E-state index contributed by atoms with van der Waals surface area (Å²) in [4.78, 5) is 7.81. The van der Waals surface area contributed by atoms with E-state index in [1.807, 2.05) is 0 Å². The van der Waals surface area contributed by atoms with Crippen LogP contribution in [0.5, 0.6) is 0 Å². The van der Waals surface area contributed by atoms with Gasteiger partial charge < -0.3 is 10.2 Å². The highest BCUT2D eigenvalue weighted by Gasteiger charge is 2.23. The fourth-order valence-corrected chi connectivity index (χ4v) is 0. The van der Waals surface area contributed by atoms with Crippen LogP contribution in [0.1, 0.15) is 6.92 Å². The van der Waals surface area contributed by atoms with Crippen LogP contribution < -0.4 is 0 Å². The molecule has 0 saturated heterocycles. The standard InChI is InChI=1S/C3H6O3S/c1-3(6,7)2(4)5/h6-7H,1H3,(H,4,5). The van der Waals surface area contributed by atoms with Gasteiger partial charge in [-0.05, 0) is 6.92 Å². The molecule has 0 fully saturated rings. The average molecular weight is 122 g/mol. The summed E-state index contributed by atoms with van der Waals surface area (Å²) in [5.41, 5.74) is 0. The minimum Gasteiger partial charge on any atom is -0.478 e. The van der Waals surface area contributed by atoms with Crippen molar-refractivity contribution in [2.45, 2.75) is 11.9 Å². The molecule has 1 unspecified atom stereocenters. The third-order valence-corrected chi connectivity index (χ3v) is 0.596. The second-order valence-electron chi connectivity index (χ2n) is 1.33. The van der Waals surface area contributed by atoms with Crippen molar-refractivity contribution in [3.8, 4) is 0 Å². The highest BCUT2D eigenvalue weighted by molar-refractivity contribution is 7.82. The van der Waals surface area contributed by atoms with Crippen LogP contribution in [0.15, 0.2) is 0 Å². The number of hydrogen-bond donors (Lipinski definition) is 3. The molecule has 3 nitrogen and oxygen atoms in total. The quantitative estimate of drug-likeness (QED) is 0.331. The first kappa shape index (κ1) is 6.78. The van der Waals surface area contributed by atoms with Crippen LogP contribution in [0, 0.1) is 0 Å². The van der Waals surface area contributed by atoms with E-state index in [9.17, 15) is 4.79 Å². The van der Waals surface area contributed by atoms with E-state index in [1.54, 1.807) is 0 Å². The van der Waals surface area contributed by atoms with Crippen molar-refractivity contribution in [2.24, 2.45) is 0 Å². The lowest BCUT2D eigenvalue weighted by Crippen LogP contribution is -2.27. The van der Waals surface area contributed by atoms with Crippen LogP contribution in [-0.4, -0.2) is 21.1 Å². The summed E-state index contributed by atoms with van der Waals surface area (Å²) in [5.74, 6) is -1.34. The van der Waals surface area contributed by atoms with Crippen molar-refractivity contribution in [1.29, 1.82) is 0 Å². The van der Waals surface area contributed by atoms with Crippen molar-refractivity contribution in [2.75, 3.05) is 0 Å². The average Bonchev–Trinajstić information content (AvgIpc) is 1.31. The molecule has 0 bridgehead atoms. The second-order valence-corrected chi connectivity index (χ2v) is 2.20. The van der Waals surface area contributed by atoms with Crippen molar-refractivity contribution in [3.05, 3.63) is 0 Å². The van der Waals surface area contributed by atoms with E-state index in [0.29, 0.717) is 0 Å². The Morgan fingerprint density at radius 2 is 2.00 bits per heavy atom. The number of carbonyl (C=O) groups is 1. The first-order valence-corrected chi connectivity index (χ1v) is 2.07. The highest BCUT2D eigenvalue weighted by Crippen LogP contribution is 2.06. The predicted molar refractivity (Wildman–Crippen MR) is 27.2 cm³/mol. The van der Waals surface area contributed by atoms with Gasteiger partial charge in [-0.2, -0.15) is 0 Å². The van der Waals surface area contributed by atoms with Gasteiger partial charge in [-0.25, -0.2) is 4.79 Å². The van der Waals surface area contributed by atoms with Crippen LogP contribution >= 0.6 is 12.6 Å². The molecular formula is C3H6O3S. The van der Waals surface area contributed by atoms with Crippen LogP contribution in [0.25, 0.3) is 0 Å². The summed E-state index contributed by atoms with van der Waals surface area (Å²) in [6.07, 6.45) is 0. The van der Waals surface area contributed by atoms with Gasteiger partial charge in [0.2, 0.25) is 4.93 Å². The summed E-state index contributed by atoms with van der Waals surface area (Å²) in [6, 6.07) is 0. The molecule has 0 aliphatic rings. The SMILES string of the molecule is CC(O)(S)C(=O)O. The van der Waals surface area contributed by atoms with Gasteiger partial charge in [0.15, 0.2) is 0 Å². The van der Waals surface area contributed by atoms with Gasteiger partial charge >= 0.3 is 5.97 Å². The largest absolute Gasteiger partial charge is 0.478 e. The van der Waals surface area contributed by atoms with E-state index in [-0.39, 0.29) is 0 Å². The topological polar surface area (TPSA) is 57.5 Å². The van der Waals surface area contributed by atoms with Crippen molar-refractivity contribution >= 4 is 18.6 Å². The zero-order valence-corrected chi connectivity index (χ0v) is 4.64. The lowest BCUT2D eigenvalue weighted by atomic mass is 10.4. The van der Waals surface area contributed by atoms with Gasteiger partial charge in [0.25, 0.3) is 0 Å². The van der Waals surface area contributed by atoms with E-state index in [1.165, 1.54) is 0 Å². The summed E-state index contributed by atoms with van der Waals surface area (Å²) in [5, 5.41) is 16.3. The third kappa shape index (κ3) is 2.47. The van der Waals surface area contributed by atoms with Gasteiger partial charge in [-0.15, -0.1) is 12.6 Å². The smallest absolute Gasteiger partial charge is 0.345 e. The zero-order chi connectivity index (χ0) is 6.08. The molecule has 0 aromatic heterocycles. The van der Waals surface area contributed by atoms with Crippen molar-refractivity contribution < 1.29 is 15.0 Å². The van der Waals surface area contributed by atoms with E-state index in [2.05, 4.69) is 12.6 Å². The first-order chi connectivity index (χ1) is 2.94. The predicted octanol–water partition coefficient (Wildman–Crippen LogP) is -0.291. The number of aliphatic carboxylic acids is 1. The van der Waals surface area contributed by atoms with E-state index in [4.69, 9.17) is 10.2 Å². The van der Waals surface area contributed by atoms with Gasteiger partial charge in [0.1, 0.15) is 0 Å². The highest BCUT2D eigenvalue weighted by atomic mass is 32.1. The maximum absolute atomic E-state index is 9.69. The molecule has 7 heavy (non-hydrogen) atoms. The van der Waals surface area contributed by atoms with Gasteiger partial charge in [-0.3, -0.25) is 0 Å². The summed E-state index contributed by atoms with van der Waals surface area (Å²) < 4.78 is 0. The molecule has 4 heteroatoms. The van der Waals surface area contributed by atoms with Crippen LogP contribution in [0.3, 0.4) is 0 Å². The fraction of sp³-hybridized carbons (Fsp3) is 0.667. The number of aliphatic hydroxyl groups is 1. The molecule has 0 aromatic rings. The minimum absolute atomic E-state index is 1.08. The monoisotopic (exact) mass is 122 g/mol. The second kappa shape index (κ2) is 1.71. The Labute approximate surface area is 46.4 Å². The molecule has 0 aromatic carbocycles. The molecule has 0 rings (SSSR count). The summed E-state index contributed by atoms with van der Waals surface area (Å²) in [6.45, 7) is 1.08. The molecule has 1 atom stereocenters. The molecule has 0 radical (unpaired) electrons. The molecule has 0 heterocycles. The number of thiol groups is 1. The van der Waals surface area contributed by atoms with Gasteiger partial charge in [0.05, 0.1) is 0 Å². The first-order valence-electron chi connectivity index (χ1n) is 1.62. The maximum atomic E-state index is 9.69. The number of rotatable bonds is 1. The Morgan fingerprint density at radius 3 is 2.00 bits per heavy atom. The summed E-state index contributed by atoms with van der Waals surface area (Å²) in [7, 11) is 0. The normalized spacial score (nSPS) is 18.1. The molecule has 42 valence electrons. The molecule has 2 N–H and O–H groups in total. The molecular weight excluding hydrogens is 116 g/mol. The molecule has 0 amide bonds. The third-order valence-electron chi connectivity index (χ3n) is 0.405. The fourth-order valence-electron chi connectivity index (χ4n) is 0. The number of carboxylic acids is 1. The van der Waals surface area contributed by atoms with Gasteiger partial charge in [0, 0.05) is 0 Å². The Morgan fingerprint density at radius 1 is 1.86 bits per heavy atom. The minimum atomic E-state index is -1.89. The van der Waals surface area contributed by atoms with Crippen molar-refractivity contribution in [3.63, 3.8) is 0 Å². The van der Waals surface area contributed by atoms with E-state index in [0.717, 1.165) is 6.92 Å². The number of hydrogen-bond acceptors (Lipinski definition) is 3. The molecule has 0 saturated carbocycles. The lowest BCUT2D eigenvalue weighted by Gasteiger charge is -2.06. The Balaban J connectivity index is 3.79. The van der Waals surface area contributed by atoms with Gasteiger partial charge in [-0.1, -0.05) is 0 Å². The van der Waals surface area contributed by atoms with E-state index < -0.39 is 10.9 Å². The molecule has 0 spiro atoms. The van der Waals surface area contributed by atoms with E-state index >= 15 is 0 Å². The Kier molecular flexibility index (Phi) is 1.66. The summed E-state index contributed by atoms with van der Waals surface area (Å²) >= 11 is 3.31. The van der Waals surface area contributed by atoms with Crippen LogP contribution in [-0.2, 0) is 4.79 Å². The Hall–Kier alpha value is -0.220. The number of carboxylic acid groups (broad SMARTS) is 1. The zero-order valence-electron chi connectivity index (χ0n) is 3.75. The maximum Gasteiger partial charge on any atom is 0.345 e. The van der Waals surface area contributed by atoms with Crippen LogP contribution in [0.4, 0.5) is 0 Å². The van der Waals surface area contributed by atoms with Crippen molar-refractivity contribution in [1.82, 2.24) is 0 Å². The molecule has 0 aliphatic carbocycles. The Bertz CT molecular complexity index is 82.7. The van der Waals surface area contributed by atoms with Crippen LogP contribution in [0.2, 0.25) is 0 Å². The molecule has 0 aliphatic heterocycles.